The van der Waals surface area contributed by atoms with Crippen molar-refractivity contribution in [2.45, 2.75) is 0 Å². The number of hydrogen-bond donors (Lipinski definition) is 0. The molecule has 0 bridgehead atoms. The Balaban J connectivity index is 0.000000279. The Kier molecular flexibility index (Phi) is 4.93. The molecule has 5 aromatic rings. The minimum Gasteiger partial charge on any atom is -0.265 e. The number of hydrogen-bond acceptors (Lipinski definition) is 1. The summed E-state index contributed by atoms with van der Waals surface area (Å²) < 4.78 is 0. The van der Waals surface area contributed by atoms with Gasteiger partial charge in [0.15, 0.2) is 0 Å². The maximum atomic E-state index is 3.78. The van der Waals surface area contributed by atoms with Crippen LogP contribution in [0.1, 0.15) is 0 Å². The molecule has 0 aliphatic heterocycles. The van der Waals surface area contributed by atoms with Crippen LogP contribution in [0.3, 0.4) is 0 Å². The first-order valence-electron chi connectivity index (χ1n) is 10.2. The van der Waals surface area contributed by atoms with Gasteiger partial charge in [0.05, 0.1) is 0 Å². The molecule has 1 heteroatoms. The summed E-state index contributed by atoms with van der Waals surface area (Å²) in [4.78, 5) is 3.78. The molecular formula is C29H21N. The van der Waals surface area contributed by atoms with E-state index >= 15 is 0 Å². The normalized spacial score (nSPS) is 10.7. The van der Waals surface area contributed by atoms with Crippen molar-refractivity contribution in [3.05, 3.63) is 128 Å². The van der Waals surface area contributed by atoms with E-state index in [4.69, 9.17) is 0 Å². The van der Waals surface area contributed by atoms with Gasteiger partial charge in [-0.1, -0.05) is 103 Å². The van der Waals surface area contributed by atoms with Gasteiger partial charge in [0.2, 0.25) is 0 Å². The van der Waals surface area contributed by atoms with Gasteiger partial charge in [-0.2, -0.15) is 0 Å². The third kappa shape index (κ3) is 3.31. The molecule has 0 fully saturated rings. The number of pyridine rings is 1. The van der Waals surface area contributed by atoms with Crippen LogP contribution in [0, 0.1) is 0 Å². The SMILES string of the molecule is c1ccc2c(c1)-c1ccccc1-c1ccccc1-c1ccccc1-2.c1ccncc1. The van der Waals surface area contributed by atoms with Gasteiger partial charge in [-0.05, 0) is 56.6 Å². The highest BCUT2D eigenvalue weighted by atomic mass is 14.6. The molecule has 4 aromatic carbocycles. The molecule has 0 saturated carbocycles. The molecule has 142 valence electrons. The van der Waals surface area contributed by atoms with Crippen LogP contribution in [0.25, 0.3) is 44.5 Å². The van der Waals surface area contributed by atoms with E-state index in [0.29, 0.717) is 0 Å². The second-order valence-electron chi connectivity index (χ2n) is 7.21. The molecule has 1 aliphatic carbocycles. The number of fused-ring (bicyclic) bond motifs is 8. The van der Waals surface area contributed by atoms with Gasteiger partial charge in [-0.15, -0.1) is 0 Å². The molecule has 0 atom stereocenters. The lowest BCUT2D eigenvalue weighted by Gasteiger charge is -2.22. The van der Waals surface area contributed by atoms with E-state index in [-0.39, 0.29) is 0 Å². The molecule has 0 unspecified atom stereocenters. The molecule has 1 nitrogen and oxygen atoms in total. The Hall–Kier alpha value is -3.97. The Bertz CT molecular complexity index is 975. The van der Waals surface area contributed by atoms with Crippen LogP contribution in [0.5, 0.6) is 0 Å². The molecular weight excluding hydrogens is 362 g/mol. The second kappa shape index (κ2) is 8.18. The minimum absolute atomic E-state index is 1.30. The molecule has 6 rings (SSSR count). The van der Waals surface area contributed by atoms with E-state index in [1.54, 1.807) is 12.4 Å². The molecule has 1 aromatic heterocycles. The standard InChI is InChI=1S/C24H16.C5H5N/c1-2-10-18-17(9-1)19-11-3-4-13-21(19)23-15-7-8-16-24(23)22-14-6-5-12-20(18)22;1-2-4-6-5-3-1/h1-16H;1-5H. The van der Waals surface area contributed by atoms with E-state index in [2.05, 4.69) is 102 Å². The van der Waals surface area contributed by atoms with E-state index < -0.39 is 0 Å². The predicted molar refractivity (Wildman–Crippen MR) is 126 cm³/mol. The lowest BCUT2D eigenvalue weighted by Crippen LogP contribution is -1.96. The van der Waals surface area contributed by atoms with Crippen LogP contribution in [-0.4, -0.2) is 4.98 Å². The summed E-state index contributed by atoms with van der Waals surface area (Å²) in [5.74, 6) is 0. The summed E-state index contributed by atoms with van der Waals surface area (Å²) in [5.41, 5.74) is 10.4. The first kappa shape index (κ1) is 18.1. The fourth-order valence-electron chi connectivity index (χ4n) is 4.12. The van der Waals surface area contributed by atoms with Crippen LogP contribution in [0.15, 0.2) is 128 Å². The largest absolute Gasteiger partial charge is 0.265 e. The Labute approximate surface area is 177 Å². The van der Waals surface area contributed by atoms with Crippen LogP contribution < -0.4 is 0 Å². The first-order valence-corrected chi connectivity index (χ1v) is 10.2. The zero-order valence-electron chi connectivity index (χ0n) is 16.6. The smallest absolute Gasteiger partial charge is 0.0267 e. The summed E-state index contributed by atoms with van der Waals surface area (Å²) in [6, 6.07) is 40.6. The Morgan fingerprint density at radius 3 is 0.633 bits per heavy atom. The first-order chi connectivity index (χ1) is 14.9. The van der Waals surface area contributed by atoms with Gasteiger partial charge in [0.25, 0.3) is 0 Å². The highest BCUT2D eigenvalue weighted by molar-refractivity contribution is 6.02. The molecule has 0 saturated heterocycles. The van der Waals surface area contributed by atoms with Gasteiger partial charge >= 0.3 is 0 Å². The maximum Gasteiger partial charge on any atom is 0.0267 e. The van der Waals surface area contributed by atoms with Crippen LogP contribution in [0.2, 0.25) is 0 Å². The van der Waals surface area contributed by atoms with Crippen LogP contribution >= 0.6 is 0 Å². The Morgan fingerprint density at radius 1 is 0.267 bits per heavy atom. The van der Waals surface area contributed by atoms with Crippen molar-refractivity contribution in [2.24, 2.45) is 0 Å². The lowest BCUT2D eigenvalue weighted by molar-refractivity contribution is 1.33. The monoisotopic (exact) mass is 383 g/mol. The number of benzene rings is 4. The lowest BCUT2D eigenvalue weighted by atomic mass is 9.81. The van der Waals surface area contributed by atoms with Crippen molar-refractivity contribution in [3.8, 4) is 44.5 Å². The highest BCUT2D eigenvalue weighted by Gasteiger charge is 2.20. The zero-order chi connectivity index (χ0) is 20.2. The third-order valence-corrected chi connectivity index (χ3v) is 5.44. The van der Waals surface area contributed by atoms with E-state index in [1.165, 1.54) is 44.5 Å². The average Bonchev–Trinajstić information content (AvgIpc) is 2.85. The van der Waals surface area contributed by atoms with Gasteiger partial charge in [0.1, 0.15) is 0 Å². The molecule has 0 N–H and O–H groups in total. The molecule has 1 aliphatic rings. The third-order valence-electron chi connectivity index (χ3n) is 5.44. The van der Waals surface area contributed by atoms with Crippen molar-refractivity contribution in [2.75, 3.05) is 0 Å². The van der Waals surface area contributed by atoms with Crippen molar-refractivity contribution in [3.63, 3.8) is 0 Å². The summed E-state index contributed by atoms with van der Waals surface area (Å²) in [5, 5.41) is 0. The van der Waals surface area contributed by atoms with Gasteiger partial charge < -0.3 is 0 Å². The van der Waals surface area contributed by atoms with Crippen molar-refractivity contribution < 1.29 is 0 Å². The predicted octanol–water partition coefficient (Wildman–Crippen LogP) is 7.75. The molecule has 1 heterocycles. The Morgan fingerprint density at radius 2 is 0.500 bits per heavy atom. The van der Waals surface area contributed by atoms with Crippen LogP contribution in [-0.2, 0) is 0 Å². The van der Waals surface area contributed by atoms with Gasteiger partial charge in [0, 0.05) is 12.4 Å². The summed E-state index contributed by atoms with van der Waals surface area (Å²) in [6.45, 7) is 0. The highest BCUT2D eigenvalue weighted by Crippen LogP contribution is 2.46. The van der Waals surface area contributed by atoms with Gasteiger partial charge in [-0.25, -0.2) is 0 Å². The quantitative estimate of drug-likeness (QED) is 0.261. The topological polar surface area (TPSA) is 12.9 Å². The molecule has 30 heavy (non-hydrogen) atoms. The average molecular weight is 383 g/mol. The summed E-state index contributed by atoms with van der Waals surface area (Å²) >= 11 is 0. The van der Waals surface area contributed by atoms with Crippen LogP contribution in [0.4, 0.5) is 0 Å². The van der Waals surface area contributed by atoms with Gasteiger partial charge in [-0.3, -0.25) is 4.98 Å². The summed E-state index contributed by atoms with van der Waals surface area (Å²) in [7, 11) is 0. The maximum absolute atomic E-state index is 3.78. The summed E-state index contributed by atoms with van der Waals surface area (Å²) in [6.07, 6.45) is 3.50. The zero-order valence-corrected chi connectivity index (χ0v) is 16.6. The molecule has 0 amide bonds. The van der Waals surface area contributed by atoms with Crippen molar-refractivity contribution >= 4 is 0 Å². The number of rotatable bonds is 0. The van der Waals surface area contributed by atoms with E-state index in [9.17, 15) is 0 Å². The molecule has 0 spiro atoms. The number of nitrogens with zero attached hydrogens (tertiary/aromatic N) is 1. The van der Waals surface area contributed by atoms with E-state index in [1.807, 2.05) is 18.2 Å². The number of aromatic nitrogens is 1. The second-order valence-corrected chi connectivity index (χ2v) is 7.21. The fraction of sp³-hybridized carbons (Fsp3) is 0. The minimum atomic E-state index is 1.30. The van der Waals surface area contributed by atoms with Crippen molar-refractivity contribution in [1.82, 2.24) is 4.98 Å². The van der Waals surface area contributed by atoms with Crippen molar-refractivity contribution in [1.29, 1.82) is 0 Å². The van der Waals surface area contributed by atoms with E-state index in [0.717, 1.165) is 0 Å². The fourth-order valence-corrected chi connectivity index (χ4v) is 4.12. The molecule has 0 radical (unpaired) electrons.